The Kier molecular flexibility index (Phi) is 5.17. The van der Waals surface area contributed by atoms with E-state index in [1.54, 1.807) is 59.6 Å². The van der Waals surface area contributed by atoms with Crippen molar-refractivity contribution in [3.63, 3.8) is 0 Å². The molecule has 3 rings (SSSR count). The lowest BCUT2D eigenvalue weighted by molar-refractivity contribution is -0.131. The van der Waals surface area contributed by atoms with Gasteiger partial charge in [0.05, 0.1) is 18.3 Å². The van der Waals surface area contributed by atoms with Crippen molar-refractivity contribution in [3.8, 4) is 11.5 Å². The summed E-state index contributed by atoms with van der Waals surface area (Å²) in [5.74, 6) is -0.0618. The van der Waals surface area contributed by atoms with E-state index in [-0.39, 0.29) is 24.0 Å². The van der Waals surface area contributed by atoms with Crippen molar-refractivity contribution in [1.29, 1.82) is 0 Å². The van der Waals surface area contributed by atoms with Crippen LogP contribution >= 0.6 is 0 Å². The van der Waals surface area contributed by atoms with Gasteiger partial charge in [0.15, 0.2) is 0 Å². The molecule has 1 aromatic heterocycles. The van der Waals surface area contributed by atoms with Gasteiger partial charge in [-0.2, -0.15) is 0 Å². The van der Waals surface area contributed by atoms with Gasteiger partial charge in [-0.25, -0.2) is 0 Å². The van der Waals surface area contributed by atoms with Crippen LogP contribution in [-0.4, -0.2) is 26.0 Å². The van der Waals surface area contributed by atoms with Crippen molar-refractivity contribution in [2.45, 2.75) is 19.5 Å². The number of hydrogen-bond donors (Lipinski definition) is 2. The second-order valence-corrected chi connectivity index (χ2v) is 5.99. The van der Waals surface area contributed by atoms with Crippen molar-refractivity contribution < 1.29 is 15.0 Å². The number of hydrogen-bond acceptors (Lipinski definition) is 4. The Bertz CT molecular complexity index is 851. The van der Waals surface area contributed by atoms with Gasteiger partial charge in [-0.1, -0.05) is 42.5 Å². The van der Waals surface area contributed by atoms with E-state index in [0.717, 1.165) is 5.69 Å². The van der Waals surface area contributed by atoms with Crippen LogP contribution in [0, 0.1) is 0 Å². The molecule has 132 valence electrons. The molecule has 0 aliphatic heterocycles. The summed E-state index contributed by atoms with van der Waals surface area (Å²) < 4.78 is 0. The first-order valence-corrected chi connectivity index (χ1v) is 8.31. The number of phenolic OH excluding ortho intramolecular Hbond substituents is 2. The average molecular weight is 348 g/mol. The lowest BCUT2D eigenvalue weighted by atomic mass is 9.95. The van der Waals surface area contributed by atoms with Crippen LogP contribution in [0.4, 0.5) is 0 Å². The van der Waals surface area contributed by atoms with Gasteiger partial charge in [-0.3, -0.25) is 9.78 Å². The molecule has 1 heterocycles. The van der Waals surface area contributed by atoms with Gasteiger partial charge in [0.25, 0.3) is 0 Å². The van der Waals surface area contributed by atoms with E-state index in [1.807, 2.05) is 18.2 Å². The number of carbonyl (C=O) groups excluding carboxylic acids is 1. The molecule has 0 aliphatic carbocycles. The number of rotatable bonds is 5. The van der Waals surface area contributed by atoms with Gasteiger partial charge < -0.3 is 15.1 Å². The van der Waals surface area contributed by atoms with Gasteiger partial charge in [0.2, 0.25) is 5.91 Å². The van der Waals surface area contributed by atoms with Crippen molar-refractivity contribution >= 4 is 5.91 Å². The molecule has 3 aromatic rings. The number of aromatic hydroxyl groups is 2. The molecule has 0 saturated carbocycles. The van der Waals surface area contributed by atoms with E-state index in [1.165, 1.54) is 6.92 Å². The fourth-order valence-electron chi connectivity index (χ4n) is 2.99. The fourth-order valence-corrected chi connectivity index (χ4v) is 2.99. The number of aromatic nitrogens is 1. The predicted molar refractivity (Wildman–Crippen MR) is 98.5 cm³/mol. The molecule has 0 bridgehead atoms. The highest BCUT2D eigenvalue weighted by Crippen LogP contribution is 2.38. The van der Waals surface area contributed by atoms with Gasteiger partial charge in [-0.05, 0) is 24.3 Å². The lowest BCUT2D eigenvalue weighted by Crippen LogP contribution is -2.33. The second-order valence-electron chi connectivity index (χ2n) is 5.99. The zero-order valence-electron chi connectivity index (χ0n) is 14.4. The summed E-state index contributed by atoms with van der Waals surface area (Å²) in [6.45, 7) is 1.72. The van der Waals surface area contributed by atoms with Crippen molar-refractivity contribution in [3.05, 3.63) is 89.7 Å². The Labute approximate surface area is 152 Å². The Morgan fingerprint density at radius 2 is 1.46 bits per heavy atom. The first-order chi connectivity index (χ1) is 12.6. The molecule has 1 amide bonds. The summed E-state index contributed by atoms with van der Waals surface area (Å²) in [5.41, 5.74) is 1.80. The first-order valence-electron chi connectivity index (χ1n) is 8.31. The van der Waals surface area contributed by atoms with E-state index < -0.39 is 6.04 Å². The highest BCUT2D eigenvalue weighted by molar-refractivity contribution is 5.75. The summed E-state index contributed by atoms with van der Waals surface area (Å²) >= 11 is 0. The standard InChI is InChI=1S/C21H20N2O3/c1-15(24)23(14-16-8-6-7-13-22-16)21(17-9-2-4-11-19(17)25)18-10-3-5-12-20(18)26/h2-13,21,25-26H,14H2,1H3. The Hall–Kier alpha value is -3.34. The number of para-hydroxylation sites is 2. The minimum atomic E-state index is -0.642. The summed E-state index contributed by atoms with van der Waals surface area (Å²) in [7, 11) is 0. The van der Waals surface area contributed by atoms with Crippen LogP contribution in [0.15, 0.2) is 72.9 Å². The van der Waals surface area contributed by atoms with Crippen LogP contribution in [0.2, 0.25) is 0 Å². The topological polar surface area (TPSA) is 73.7 Å². The zero-order valence-corrected chi connectivity index (χ0v) is 14.4. The highest BCUT2D eigenvalue weighted by atomic mass is 16.3. The number of carbonyl (C=O) groups is 1. The average Bonchev–Trinajstić information content (AvgIpc) is 2.64. The summed E-state index contributed by atoms with van der Waals surface area (Å²) in [4.78, 5) is 18.4. The van der Waals surface area contributed by atoms with Crippen LogP contribution < -0.4 is 0 Å². The number of pyridine rings is 1. The third-order valence-electron chi connectivity index (χ3n) is 4.24. The number of benzene rings is 2. The molecule has 5 nitrogen and oxygen atoms in total. The lowest BCUT2D eigenvalue weighted by Gasteiger charge is -2.32. The third-order valence-corrected chi connectivity index (χ3v) is 4.24. The molecule has 5 heteroatoms. The first kappa shape index (κ1) is 17.5. The molecule has 2 aromatic carbocycles. The zero-order chi connectivity index (χ0) is 18.5. The Morgan fingerprint density at radius 3 is 1.92 bits per heavy atom. The van der Waals surface area contributed by atoms with Crippen LogP contribution in [0.1, 0.15) is 29.8 Å². The molecule has 0 aliphatic rings. The van der Waals surface area contributed by atoms with E-state index >= 15 is 0 Å². The van der Waals surface area contributed by atoms with Crippen LogP contribution in [-0.2, 0) is 11.3 Å². The SMILES string of the molecule is CC(=O)N(Cc1ccccn1)C(c1ccccc1O)c1ccccc1O. The number of phenols is 2. The van der Waals surface area contributed by atoms with Crippen molar-refractivity contribution in [2.75, 3.05) is 0 Å². The molecule has 0 fully saturated rings. The summed E-state index contributed by atoms with van der Waals surface area (Å²) in [6, 6.07) is 18.5. The highest BCUT2D eigenvalue weighted by Gasteiger charge is 2.29. The summed E-state index contributed by atoms with van der Waals surface area (Å²) in [6.07, 6.45) is 1.67. The minimum absolute atomic E-state index is 0.0630. The van der Waals surface area contributed by atoms with Gasteiger partial charge in [-0.15, -0.1) is 0 Å². The maximum Gasteiger partial charge on any atom is 0.220 e. The fraction of sp³-hybridized carbons (Fsp3) is 0.143. The number of amides is 1. The van der Waals surface area contributed by atoms with Crippen molar-refractivity contribution in [1.82, 2.24) is 9.88 Å². The van der Waals surface area contributed by atoms with Crippen LogP contribution in [0.25, 0.3) is 0 Å². The molecule has 0 spiro atoms. The largest absolute Gasteiger partial charge is 0.508 e. The monoisotopic (exact) mass is 348 g/mol. The van der Waals surface area contributed by atoms with E-state index in [2.05, 4.69) is 4.98 Å². The molecule has 0 unspecified atom stereocenters. The molecular formula is C21H20N2O3. The maximum atomic E-state index is 12.5. The predicted octanol–water partition coefficient (Wildman–Crippen LogP) is 3.63. The van der Waals surface area contributed by atoms with Gasteiger partial charge in [0.1, 0.15) is 11.5 Å². The van der Waals surface area contributed by atoms with Crippen molar-refractivity contribution in [2.24, 2.45) is 0 Å². The molecule has 2 N–H and O–H groups in total. The maximum absolute atomic E-state index is 12.5. The van der Waals surface area contributed by atoms with Gasteiger partial charge >= 0.3 is 0 Å². The minimum Gasteiger partial charge on any atom is -0.508 e. The van der Waals surface area contributed by atoms with E-state index in [4.69, 9.17) is 0 Å². The Balaban J connectivity index is 2.13. The van der Waals surface area contributed by atoms with E-state index in [9.17, 15) is 15.0 Å². The summed E-state index contributed by atoms with van der Waals surface area (Å²) in [5, 5.41) is 20.8. The Morgan fingerprint density at radius 1 is 0.923 bits per heavy atom. The third kappa shape index (κ3) is 3.67. The number of nitrogens with zero attached hydrogens (tertiary/aromatic N) is 2. The van der Waals surface area contributed by atoms with Crippen LogP contribution in [0.3, 0.4) is 0 Å². The quantitative estimate of drug-likeness (QED) is 0.738. The molecule has 0 radical (unpaired) electrons. The molecule has 0 saturated heterocycles. The van der Waals surface area contributed by atoms with E-state index in [0.29, 0.717) is 11.1 Å². The second kappa shape index (κ2) is 7.70. The smallest absolute Gasteiger partial charge is 0.220 e. The normalized spacial score (nSPS) is 10.7. The molecular weight excluding hydrogens is 328 g/mol. The molecule has 26 heavy (non-hydrogen) atoms. The van der Waals surface area contributed by atoms with Crippen LogP contribution in [0.5, 0.6) is 11.5 Å². The van der Waals surface area contributed by atoms with Gasteiger partial charge in [0, 0.05) is 24.2 Å². The molecule has 0 atom stereocenters.